The summed E-state index contributed by atoms with van der Waals surface area (Å²) in [5.41, 5.74) is 1.77. The van der Waals surface area contributed by atoms with Crippen molar-refractivity contribution < 1.29 is 9.53 Å². The van der Waals surface area contributed by atoms with Gasteiger partial charge in [-0.3, -0.25) is 4.79 Å². The molecule has 1 aliphatic carbocycles. The van der Waals surface area contributed by atoms with Gasteiger partial charge >= 0.3 is 0 Å². The van der Waals surface area contributed by atoms with Crippen molar-refractivity contribution in [2.75, 3.05) is 7.11 Å². The molecule has 1 saturated carbocycles. The van der Waals surface area contributed by atoms with E-state index in [0.29, 0.717) is 0 Å². The van der Waals surface area contributed by atoms with Crippen molar-refractivity contribution in [3.63, 3.8) is 0 Å². The van der Waals surface area contributed by atoms with Gasteiger partial charge in [0.2, 0.25) is 0 Å². The lowest BCUT2D eigenvalue weighted by Gasteiger charge is -2.12. The fraction of sp³-hybridized carbons (Fsp3) is 0.471. The van der Waals surface area contributed by atoms with E-state index in [0.717, 1.165) is 35.1 Å². The number of rotatable bonds is 3. The van der Waals surface area contributed by atoms with Crippen molar-refractivity contribution >= 4 is 16.7 Å². The highest BCUT2D eigenvalue weighted by Gasteiger charge is 2.24. The third-order valence-corrected chi connectivity index (χ3v) is 4.38. The minimum atomic E-state index is 0.182. The third-order valence-electron chi connectivity index (χ3n) is 4.38. The van der Waals surface area contributed by atoms with Gasteiger partial charge in [-0.15, -0.1) is 0 Å². The molecule has 1 aliphatic rings. The Hall–Kier alpha value is -1.77. The van der Waals surface area contributed by atoms with Gasteiger partial charge < -0.3 is 9.72 Å². The first-order valence-electron chi connectivity index (χ1n) is 7.49. The number of H-pyrrole nitrogens is 1. The number of ketones is 1. The summed E-state index contributed by atoms with van der Waals surface area (Å²) in [5, 5.41) is 0.934. The van der Waals surface area contributed by atoms with Crippen LogP contribution >= 0.6 is 0 Å². The zero-order valence-electron chi connectivity index (χ0n) is 11.9. The second-order valence-electron chi connectivity index (χ2n) is 5.64. The van der Waals surface area contributed by atoms with Gasteiger partial charge in [0.05, 0.1) is 12.5 Å². The molecular weight excluding hydrogens is 250 g/mol. The highest BCUT2D eigenvalue weighted by Crippen LogP contribution is 2.33. The number of hydrogen-bond donors (Lipinski definition) is 1. The minimum absolute atomic E-state index is 0.182. The lowest BCUT2D eigenvalue weighted by molar-refractivity contribution is 0.0909. The van der Waals surface area contributed by atoms with E-state index in [4.69, 9.17) is 4.74 Å². The average Bonchev–Trinajstić information content (AvgIpc) is 2.73. The number of Topliss-reactive ketones (excluding diaryl/α,β-unsaturated/α-hetero) is 1. The lowest BCUT2D eigenvalue weighted by atomic mass is 9.91. The number of nitrogens with one attached hydrogen (secondary N) is 1. The largest absolute Gasteiger partial charge is 0.496 e. The van der Waals surface area contributed by atoms with Gasteiger partial charge in [0, 0.05) is 23.2 Å². The summed E-state index contributed by atoms with van der Waals surface area (Å²) >= 11 is 0. The van der Waals surface area contributed by atoms with E-state index in [9.17, 15) is 4.79 Å². The number of benzene rings is 1. The van der Waals surface area contributed by atoms with Crippen LogP contribution in [0.2, 0.25) is 0 Å². The molecule has 1 fully saturated rings. The third kappa shape index (κ3) is 2.33. The van der Waals surface area contributed by atoms with Crippen LogP contribution in [0.4, 0.5) is 0 Å². The van der Waals surface area contributed by atoms with Crippen LogP contribution in [0.15, 0.2) is 24.4 Å². The summed E-state index contributed by atoms with van der Waals surface area (Å²) in [6.07, 6.45) is 8.79. The molecule has 0 radical (unpaired) electrons. The van der Waals surface area contributed by atoms with Crippen LogP contribution < -0.4 is 4.74 Å². The van der Waals surface area contributed by atoms with Crippen molar-refractivity contribution in [3.05, 3.63) is 30.0 Å². The molecule has 20 heavy (non-hydrogen) atoms. The Morgan fingerprint density at radius 1 is 1.20 bits per heavy atom. The summed E-state index contributed by atoms with van der Waals surface area (Å²) in [6.45, 7) is 0. The molecule has 3 heteroatoms. The van der Waals surface area contributed by atoms with E-state index in [1.165, 1.54) is 25.7 Å². The number of hydrogen-bond acceptors (Lipinski definition) is 2. The lowest BCUT2D eigenvalue weighted by Crippen LogP contribution is -2.13. The summed E-state index contributed by atoms with van der Waals surface area (Å²) in [4.78, 5) is 16.0. The predicted octanol–water partition coefficient (Wildman–Crippen LogP) is 4.33. The Bertz CT molecular complexity index is 606. The van der Waals surface area contributed by atoms with Gasteiger partial charge in [0.15, 0.2) is 5.78 Å². The molecule has 0 amide bonds. The van der Waals surface area contributed by atoms with Crippen LogP contribution in [-0.2, 0) is 0 Å². The molecule has 0 saturated heterocycles. The molecule has 1 aromatic carbocycles. The number of ether oxygens (including phenoxy) is 1. The van der Waals surface area contributed by atoms with Crippen molar-refractivity contribution in [1.29, 1.82) is 0 Å². The first kappa shape index (κ1) is 13.2. The molecule has 0 aliphatic heterocycles. The van der Waals surface area contributed by atoms with E-state index in [1.807, 2.05) is 24.4 Å². The van der Waals surface area contributed by atoms with Crippen molar-refractivity contribution in [1.82, 2.24) is 4.98 Å². The fourth-order valence-corrected chi connectivity index (χ4v) is 3.28. The SMILES string of the molecule is COc1cccc2[nH]cc(C(=O)C3CCCCCC3)c12. The van der Waals surface area contributed by atoms with E-state index >= 15 is 0 Å². The maximum atomic E-state index is 12.8. The molecule has 0 unspecified atom stereocenters. The zero-order valence-corrected chi connectivity index (χ0v) is 11.9. The highest BCUT2D eigenvalue weighted by atomic mass is 16.5. The van der Waals surface area contributed by atoms with Crippen LogP contribution in [0.1, 0.15) is 48.9 Å². The highest BCUT2D eigenvalue weighted by molar-refractivity contribution is 6.10. The molecule has 1 N–H and O–H groups in total. The van der Waals surface area contributed by atoms with E-state index in [1.54, 1.807) is 7.11 Å². The molecule has 1 heterocycles. The van der Waals surface area contributed by atoms with Crippen molar-refractivity contribution in [2.45, 2.75) is 38.5 Å². The topological polar surface area (TPSA) is 42.1 Å². The van der Waals surface area contributed by atoms with Gasteiger partial charge in [0.1, 0.15) is 5.75 Å². The maximum Gasteiger partial charge on any atom is 0.168 e. The smallest absolute Gasteiger partial charge is 0.168 e. The van der Waals surface area contributed by atoms with Gasteiger partial charge in [-0.05, 0) is 25.0 Å². The quantitative estimate of drug-likeness (QED) is 0.667. The predicted molar refractivity (Wildman–Crippen MR) is 80.4 cm³/mol. The normalized spacial score (nSPS) is 17.1. The number of aromatic nitrogens is 1. The summed E-state index contributed by atoms with van der Waals surface area (Å²) in [5.74, 6) is 1.24. The second kappa shape index (κ2) is 5.70. The minimum Gasteiger partial charge on any atom is -0.496 e. The standard InChI is InChI=1S/C17H21NO2/c1-20-15-10-6-9-14-16(15)13(11-18-14)17(19)12-7-4-2-3-5-8-12/h6,9-12,18H,2-5,7-8H2,1H3. The van der Waals surface area contributed by atoms with Crippen molar-refractivity contribution in [3.8, 4) is 5.75 Å². The first-order chi connectivity index (χ1) is 9.81. The molecule has 106 valence electrons. The Balaban J connectivity index is 1.98. The summed E-state index contributed by atoms with van der Waals surface area (Å²) < 4.78 is 5.42. The van der Waals surface area contributed by atoms with Gasteiger partial charge in [-0.1, -0.05) is 31.7 Å². The molecular formula is C17H21NO2. The molecule has 3 rings (SSSR count). The number of carbonyl (C=O) groups is 1. The van der Waals surface area contributed by atoms with Crippen LogP contribution in [0, 0.1) is 5.92 Å². The first-order valence-corrected chi connectivity index (χ1v) is 7.49. The van der Waals surface area contributed by atoms with Gasteiger partial charge in [-0.2, -0.15) is 0 Å². The van der Waals surface area contributed by atoms with E-state index in [-0.39, 0.29) is 11.7 Å². The maximum absolute atomic E-state index is 12.8. The second-order valence-corrected chi connectivity index (χ2v) is 5.64. The molecule has 0 spiro atoms. The molecule has 3 nitrogen and oxygen atoms in total. The summed E-state index contributed by atoms with van der Waals surface area (Å²) in [6, 6.07) is 5.85. The van der Waals surface area contributed by atoms with Crippen molar-refractivity contribution in [2.24, 2.45) is 5.92 Å². The number of aromatic amines is 1. The summed E-state index contributed by atoms with van der Waals surface area (Å²) in [7, 11) is 1.65. The molecule has 2 aromatic rings. The van der Waals surface area contributed by atoms with Gasteiger partial charge in [-0.25, -0.2) is 0 Å². The number of methoxy groups -OCH3 is 1. The Kier molecular flexibility index (Phi) is 3.77. The zero-order chi connectivity index (χ0) is 13.9. The Morgan fingerprint density at radius 3 is 2.65 bits per heavy atom. The average molecular weight is 271 g/mol. The monoisotopic (exact) mass is 271 g/mol. The van der Waals surface area contributed by atoms with Crippen LogP contribution in [0.3, 0.4) is 0 Å². The number of fused-ring (bicyclic) bond motifs is 1. The van der Waals surface area contributed by atoms with Crippen LogP contribution in [-0.4, -0.2) is 17.9 Å². The molecule has 1 aromatic heterocycles. The van der Waals surface area contributed by atoms with Gasteiger partial charge in [0.25, 0.3) is 0 Å². The Morgan fingerprint density at radius 2 is 1.95 bits per heavy atom. The molecule has 0 atom stereocenters. The number of carbonyl (C=O) groups excluding carboxylic acids is 1. The fourth-order valence-electron chi connectivity index (χ4n) is 3.28. The van der Waals surface area contributed by atoms with Crippen LogP contribution in [0.25, 0.3) is 10.9 Å². The van der Waals surface area contributed by atoms with E-state index in [2.05, 4.69) is 4.98 Å². The molecule has 0 bridgehead atoms. The Labute approximate surface area is 119 Å². The van der Waals surface area contributed by atoms with Crippen LogP contribution in [0.5, 0.6) is 5.75 Å². The van der Waals surface area contributed by atoms with E-state index < -0.39 is 0 Å².